The number of aromatic nitrogens is 6. The highest BCUT2D eigenvalue weighted by molar-refractivity contribution is 5.82. The highest BCUT2D eigenvalue weighted by Crippen LogP contribution is 2.19. The molecule has 0 bridgehead atoms. The number of fused-ring (bicyclic) bond motifs is 1. The molecule has 0 saturated heterocycles. The standard InChI is InChI=1S/C20H20FN7/c1-2-17-24-19(23-12-9-14-7-10-22-11-8-14)18-20(25-17)28(27-26-18)13-15-5-3-4-6-16(15)21/h3-8,10-11H,2,9,12-13H2,1H3,(H,23,24,25). The van der Waals surface area contributed by atoms with Crippen LogP contribution in [-0.4, -0.2) is 36.5 Å². The normalized spacial score (nSPS) is 11.1. The molecule has 0 atom stereocenters. The first-order valence-electron chi connectivity index (χ1n) is 9.21. The lowest BCUT2D eigenvalue weighted by Crippen LogP contribution is -2.10. The molecule has 0 saturated carbocycles. The zero-order chi connectivity index (χ0) is 19.3. The van der Waals surface area contributed by atoms with Gasteiger partial charge in [0, 0.05) is 30.9 Å². The molecule has 1 N–H and O–H groups in total. The first-order chi connectivity index (χ1) is 13.7. The van der Waals surface area contributed by atoms with Crippen LogP contribution in [0.3, 0.4) is 0 Å². The second-order valence-electron chi connectivity index (χ2n) is 6.38. The smallest absolute Gasteiger partial charge is 0.184 e. The molecule has 0 unspecified atom stereocenters. The van der Waals surface area contributed by atoms with E-state index in [0.717, 1.165) is 6.42 Å². The summed E-state index contributed by atoms with van der Waals surface area (Å²) in [6.45, 7) is 2.95. The molecule has 0 amide bonds. The van der Waals surface area contributed by atoms with Gasteiger partial charge in [-0.25, -0.2) is 19.0 Å². The summed E-state index contributed by atoms with van der Waals surface area (Å²) in [5.74, 6) is 1.07. The van der Waals surface area contributed by atoms with Crippen molar-refractivity contribution in [2.24, 2.45) is 0 Å². The summed E-state index contributed by atoms with van der Waals surface area (Å²) in [5.41, 5.74) is 2.91. The molecular weight excluding hydrogens is 357 g/mol. The van der Waals surface area contributed by atoms with Crippen LogP contribution in [0.25, 0.3) is 11.2 Å². The van der Waals surface area contributed by atoms with E-state index in [1.54, 1.807) is 35.3 Å². The van der Waals surface area contributed by atoms with Gasteiger partial charge in [0.25, 0.3) is 0 Å². The van der Waals surface area contributed by atoms with E-state index in [1.807, 2.05) is 19.1 Å². The Kier molecular flexibility index (Phi) is 5.18. The zero-order valence-corrected chi connectivity index (χ0v) is 15.5. The lowest BCUT2D eigenvalue weighted by Gasteiger charge is -2.08. The van der Waals surface area contributed by atoms with Gasteiger partial charge in [-0.2, -0.15) is 0 Å². The van der Waals surface area contributed by atoms with Crippen LogP contribution in [0.15, 0.2) is 48.8 Å². The maximum atomic E-state index is 14.0. The van der Waals surface area contributed by atoms with Gasteiger partial charge in [0.2, 0.25) is 0 Å². The largest absolute Gasteiger partial charge is 0.368 e. The van der Waals surface area contributed by atoms with Gasteiger partial charge in [-0.05, 0) is 30.2 Å². The van der Waals surface area contributed by atoms with E-state index in [2.05, 4.69) is 30.6 Å². The van der Waals surface area contributed by atoms with Crippen LogP contribution in [-0.2, 0) is 19.4 Å². The van der Waals surface area contributed by atoms with Gasteiger partial charge in [0.15, 0.2) is 17.0 Å². The summed E-state index contributed by atoms with van der Waals surface area (Å²) in [6, 6.07) is 10.6. The average molecular weight is 377 g/mol. The van der Waals surface area contributed by atoms with Gasteiger partial charge in [-0.3, -0.25) is 4.98 Å². The van der Waals surface area contributed by atoms with E-state index >= 15 is 0 Å². The van der Waals surface area contributed by atoms with E-state index in [-0.39, 0.29) is 12.4 Å². The van der Waals surface area contributed by atoms with Gasteiger partial charge >= 0.3 is 0 Å². The SMILES string of the molecule is CCc1nc(NCCc2ccncc2)c2nnn(Cc3ccccc3F)c2n1. The summed E-state index contributed by atoms with van der Waals surface area (Å²) < 4.78 is 15.6. The Morgan fingerprint density at radius 3 is 2.68 bits per heavy atom. The van der Waals surface area contributed by atoms with Crippen molar-refractivity contribution in [2.75, 3.05) is 11.9 Å². The quantitative estimate of drug-likeness (QED) is 0.533. The number of nitrogens with one attached hydrogen (secondary N) is 1. The second kappa shape index (κ2) is 8.08. The van der Waals surface area contributed by atoms with Gasteiger partial charge in [0.1, 0.15) is 11.6 Å². The van der Waals surface area contributed by atoms with Crippen molar-refractivity contribution >= 4 is 17.0 Å². The Hall–Kier alpha value is -3.42. The number of rotatable bonds is 7. The van der Waals surface area contributed by atoms with Crippen LogP contribution in [0, 0.1) is 5.82 Å². The number of pyridine rings is 1. The molecule has 0 aliphatic heterocycles. The molecule has 0 aliphatic carbocycles. The van der Waals surface area contributed by atoms with Crippen LogP contribution >= 0.6 is 0 Å². The summed E-state index contributed by atoms with van der Waals surface area (Å²) in [5, 5.41) is 11.8. The fourth-order valence-electron chi connectivity index (χ4n) is 2.95. The van der Waals surface area contributed by atoms with Crippen LogP contribution < -0.4 is 5.32 Å². The van der Waals surface area contributed by atoms with E-state index in [9.17, 15) is 4.39 Å². The minimum absolute atomic E-state index is 0.264. The second-order valence-corrected chi connectivity index (χ2v) is 6.38. The summed E-state index contributed by atoms with van der Waals surface area (Å²) in [6.07, 6.45) is 5.07. The summed E-state index contributed by atoms with van der Waals surface area (Å²) in [4.78, 5) is 13.2. The van der Waals surface area contributed by atoms with E-state index in [1.165, 1.54) is 11.6 Å². The number of benzene rings is 1. The number of hydrogen-bond donors (Lipinski definition) is 1. The maximum absolute atomic E-state index is 14.0. The lowest BCUT2D eigenvalue weighted by molar-refractivity contribution is 0.581. The fourth-order valence-corrected chi connectivity index (χ4v) is 2.95. The topological polar surface area (TPSA) is 81.4 Å². The number of hydrogen-bond acceptors (Lipinski definition) is 6. The predicted octanol–water partition coefficient (Wildman–Crippen LogP) is 3.02. The Bertz CT molecular complexity index is 1080. The van der Waals surface area contributed by atoms with E-state index in [0.29, 0.717) is 41.3 Å². The molecule has 8 heteroatoms. The minimum atomic E-state index is -0.272. The molecule has 0 spiro atoms. The maximum Gasteiger partial charge on any atom is 0.184 e. The molecule has 28 heavy (non-hydrogen) atoms. The van der Waals surface area contributed by atoms with Crippen LogP contribution in [0.1, 0.15) is 23.9 Å². The number of aryl methyl sites for hydroxylation is 1. The number of halogens is 1. The molecule has 0 radical (unpaired) electrons. The summed E-state index contributed by atoms with van der Waals surface area (Å²) >= 11 is 0. The molecule has 7 nitrogen and oxygen atoms in total. The number of nitrogens with zero attached hydrogens (tertiary/aromatic N) is 6. The van der Waals surface area contributed by atoms with Crippen LogP contribution in [0.4, 0.5) is 10.2 Å². The van der Waals surface area contributed by atoms with Gasteiger partial charge in [0.05, 0.1) is 6.54 Å². The molecule has 3 aromatic heterocycles. The fraction of sp³-hybridized carbons (Fsp3) is 0.250. The average Bonchev–Trinajstić information content (AvgIpc) is 3.13. The van der Waals surface area contributed by atoms with Gasteiger partial charge in [-0.15, -0.1) is 5.10 Å². The van der Waals surface area contributed by atoms with Crippen molar-refractivity contribution < 1.29 is 4.39 Å². The lowest BCUT2D eigenvalue weighted by atomic mass is 10.2. The Morgan fingerprint density at radius 1 is 1.07 bits per heavy atom. The van der Waals surface area contributed by atoms with Crippen molar-refractivity contribution in [1.29, 1.82) is 0 Å². The van der Waals surface area contributed by atoms with Gasteiger partial charge in [-0.1, -0.05) is 30.3 Å². The third-order valence-corrected chi connectivity index (χ3v) is 4.46. The third-order valence-electron chi connectivity index (χ3n) is 4.46. The van der Waals surface area contributed by atoms with Crippen molar-refractivity contribution in [3.05, 3.63) is 71.6 Å². The zero-order valence-electron chi connectivity index (χ0n) is 15.5. The van der Waals surface area contributed by atoms with E-state index in [4.69, 9.17) is 0 Å². The predicted molar refractivity (Wildman–Crippen MR) is 104 cm³/mol. The van der Waals surface area contributed by atoms with Crippen molar-refractivity contribution in [2.45, 2.75) is 26.3 Å². The molecule has 1 aromatic carbocycles. The molecule has 0 aliphatic rings. The molecule has 0 fully saturated rings. The van der Waals surface area contributed by atoms with Gasteiger partial charge < -0.3 is 5.32 Å². The van der Waals surface area contributed by atoms with Crippen molar-refractivity contribution in [3.63, 3.8) is 0 Å². The van der Waals surface area contributed by atoms with Crippen LogP contribution in [0.2, 0.25) is 0 Å². The Balaban J connectivity index is 1.60. The van der Waals surface area contributed by atoms with E-state index < -0.39 is 0 Å². The molecule has 4 aromatic rings. The Labute approximate surface area is 161 Å². The third kappa shape index (κ3) is 3.80. The monoisotopic (exact) mass is 377 g/mol. The molecule has 3 heterocycles. The first-order valence-corrected chi connectivity index (χ1v) is 9.21. The molecule has 142 valence electrons. The highest BCUT2D eigenvalue weighted by atomic mass is 19.1. The van der Waals surface area contributed by atoms with Crippen LogP contribution in [0.5, 0.6) is 0 Å². The Morgan fingerprint density at radius 2 is 1.89 bits per heavy atom. The number of anilines is 1. The van der Waals surface area contributed by atoms with Crippen molar-refractivity contribution in [1.82, 2.24) is 29.9 Å². The molecule has 4 rings (SSSR count). The minimum Gasteiger partial charge on any atom is -0.368 e. The first kappa shape index (κ1) is 18.0. The summed E-state index contributed by atoms with van der Waals surface area (Å²) in [7, 11) is 0. The van der Waals surface area contributed by atoms with Crippen molar-refractivity contribution in [3.8, 4) is 0 Å². The molecular formula is C20H20FN7. The highest BCUT2D eigenvalue weighted by Gasteiger charge is 2.15.